The van der Waals surface area contributed by atoms with Gasteiger partial charge in [0.2, 0.25) is 17.6 Å². The molecule has 0 radical (unpaired) electrons. The quantitative estimate of drug-likeness (QED) is 0.570. The summed E-state index contributed by atoms with van der Waals surface area (Å²) in [6, 6.07) is 14.2. The number of aromatic nitrogens is 2. The molecule has 6 nitrogen and oxygen atoms in total. The van der Waals surface area contributed by atoms with Gasteiger partial charge in [-0.1, -0.05) is 61.5 Å². The molecule has 0 spiro atoms. The average molecular weight is 433 g/mol. The van der Waals surface area contributed by atoms with Gasteiger partial charge in [-0.25, -0.2) is 0 Å². The summed E-state index contributed by atoms with van der Waals surface area (Å²) < 4.78 is 5.50. The van der Waals surface area contributed by atoms with E-state index in [4.69, 9.17) is 4.52 Å². The standard InChI is InChI=1S/C26H32N4O2/c1-17(2)21-11-7-9-19(4)24(21)28-26(31)20-12-14-30(15-13-20)16-23-27-25(29-32-23)22-10-6-5-8-18(22)3/h5-11,17,20H,12-16H2,1-4H3,(H,28,31). The SMILES string of the molecule is Cc1ccccc1-c1noc(CN2CCC(C(=O)Nc3c(C)cccc3C(C)C)CC2)n1. The Morgan fingerprint density at radius 1 is 1.09 bits per heavy atom. The molecule has 0 bridgehead atoms. The second kappa shape index (κ2) is 9.65. The fourth-order valence-corrected chi connectivity index (χ4v) is 4.36. The van der Waals surface area contributed by atoms with E-state index in [-0.39, 0.29) is 11.8 Å². The van der Waals surface area contributed by atoms with E-state index in [2.05, 4.69) is 59.3 Å². The van der Waals surface area contributed by atoms with Gasteiger partial charge in [0, 0.05) is 17.2 Å². The normalized spacial score (nSPS) is 15.3. The van der Waals surface area contributed by atoms with Crippen molar-refractivity contribution in [1.82, 2.24) is 15.0 Å². The van der Waals surface area contributed by atoms with Gasteiger partial charge >= 0.3 is 0 Å². The van der Waals surface area contributed by atoms with Gasteiger partial charge in [0.05, 0.1) is 6.54 Å². The fraction of sp³-hybridized carbons (Fsp3) is 0.423. The maximum Gasteiger partial charge on any atom is 0.241 e. The number of amides is 1. The number of carbonyl (C=O) groups is 1. The van der Waals surface area contributed by atoms with Crippen LogP contribution in [0.2, 0.25) is 0 Å². The Labute approximate surface area is 190 Å². The lowest BCUT2D eigenvalue weighted by molar-refractivity contribution is -0.121. The van der Waals surface area contributed by atoms with Crippen LogP contribution in [-0.2, 0) is 11.3 Å². The number of para-hydroxylation sites is 1. The van der Waals surface area contributed by atoms with E-state index < -0.39 is 0 Å². The zero-order chi connectivity index (χ0) is 22.7. The summed E-state index contributed by atoms with van der Waals surface area (Å²) in [5.74, 6) is 1.77. The Morgan fingerprint density at radius 2 is 1.81 bits per heavy atom. The number of nitrogens with zero attached hydrogens (tertiary/aromatic N) is 3. The van der Waals surface area contributed by atoms with Crippen molar-refractivity contribution < 1.29 is 9.32 Å². The van der Waals surface area contributed by atoms with Crippen molar-refractivity contribution >= 4 is 11.6 Å². The maximum atomic E-state index is 13.0. The first kappa shape index (κ1) is 22.2. The third kappa shape index (κ3) is 4.91. The minimum absolute atomic E-state index is 0.0242. The van der Waals surface area contributed by atoms with Crippen molar-refractivity contribution in [1.29, 1.82) is 0 Å². The Hall–Kier alpha value is -2.99. The third-order valence-corrected chi connectivity index (χ3v) is 6.35. The molecule has 2 heterocycles. The number of benzene rings is 2. The number of carbonyl (C=O) groups excluding carboxylic acids is 1. The molecule has 6 heteroatoms. The van der Waals surface area contributed by atoms with Gasteiger partial charge in [-0.15, -0.1) is 0 Å². The molecule has 1 aromatic heterocycles. The average Bonchev–Trinajstić information content (AvgIpc) is 3.24. The Bertz CT molecular complexity index is 1080. The van der Waals surface area contributed by atoms with Crippen LogP contribution in [0.25, 0.3) is 11.4 Å². The third-order valence-electron chi connectivity index (χ3n) is 6.35. The van der Waals surface area contributed by atoms with Gasteiger partial charge in [-0.3, -0.25) is 9.69 Å². The summed E-state index contributed by atoms with van der Waals surface area (Å²) in [7, 11) is 0. The van der Waals surface area contributed by atoms with Crippen LogP contribution in [0.4, 0.5) is 5.69 Å². The van der Waals surface area contributed by atoms with E-state index in [1.165, 1.54) is 5.56 Å². The van der Waals surface area contributed by atoms with E-state index in [0.717, 1.165) is 48.3 Å². The summed E-state index contributed by atoms with van der Waals surface area (Å²) >= 11 is 0. The number of aryl methyl sites for hydroxylation is 2. The van der Waals surface area contributed by atoms with E-state index in [0.29, 0.717) is 24.2 Å². The fourth-order valence-electron chi connectivity index (χ4n) is 4.36. The molecule has 168 valence electrons. The first-order valence-corrected chi connectivity index (χ1v) is 11.4. The molecule has 1 fully saturated rings. The zero-order valence-corrected chi connectivity index (χ0v) is 19.4. The number of likely N-dealkylation sites (tertiary alicyclic amines) is 1. The van der Waals surface area contributed by atoms with Crippen molar-refractivity contribution in [2.45, 2.75) is 53.0 Å². The first-order chi connectivity index (χ1) is 15.4. The largest absolute Gasteiger partial charge is 0.338 e. The van der Waals surface area contributed by atoms with Crippen molar-refractivity contribution in [3.05, 3.63) is 65.0 Å². The molecule has 0 atom stereocenters. The van der Waals surface area contributed by atoms with Gasteiger partial charge in [-0.2, -0.15) is 4.98 Å². The van der Waals surface area contributed by atoms with Crippen LogP contribution in [0.15, 0.2) is 47.0 Å². The second-order valence-corrected chi connectivity index (χ2v) is 9.06. The smallest absolute Gasteiger partial charge is 0.241 e. The summed E-state index contributed by atoms with van der Waals surface area (Å²) in [6.07, 6.45) is 1.65. The van der Waals surface area contributed by atoms with Gasteiger partial charge in [0.25, 0.3) is 0 Å². The number of hydrogen-bond donors (Lipinski definition) is 1. The molecule has 1 N–H and O–H groups in total. The number of rotatable bonds is 6. The summed E-state index contributed by atoms with van der Waals surface area (Å²) in [6.45, 7) is 10.7. The molecule has 1 aliphatic rings. The van der Waals surface area contributed by atoms with E-state index >= 15 is 0 Å². The van der Waals surface area contributed by atoms with Gasteiger partial charge < -0.3 is 9.84 Å². The lowest BCUT2D eigenvalue weighted by Crippen LogP contribution is -2.38. The molecule has 1 amide bonds. The molecule has 0 aliphatic carbocycles. The lowest BCUT2D eigenvalue weighted by Gasteiger charge is -2.30. The zero-order valence-electron chi connectivity index (χ0n) is 19.4. The van der Waals surface area contributed by atoms with Crippen LogP contribution in [-0.4, -0.2) is 34.0 Å². The molecular weight excluding hydrogens is 400 g/mol. The van der Waals surface area contributed by atoms with Gasteiger partial charge in [0.15, 0.2) is 0 Å². The minimum Gasteiger partial charge on any atom is -0.338 e. The molecule has 3 aromatic rings. The molecule has 0 unspecified atom stereocenters. The molecule has 1 saturated heterocycles. The molecular formula is C26H32N4O2. The predicted molar refractivity (Wildman–Crippen MR) is 126 cm³/mol. The summed E-state index contributed by atoms with van der Waals surface area (Å²) in [5, 5.41) is 7.38. The number of anilines is 1. The molecule has 0 saturated carbocycles. The van der Waals surface area contributed by atoms with Crippen molar-refractivity contribution in [2.24, 2.45) is 5.92 Å². The summed E-state index contributed by atoms with van der Waals surface area (Å²) in [4.78, 5) is 19.8. The van der Waals surface area contributed by atoms with E-state index in [9.17, 15) is 4.79 Å². The first-order valence-electron chi connectivity index (χ1n) is 11.4. The minimum atomic E-state index is 0.0242. The topological polar surface area (TPSA) is 71.3 Å². The van der Waals surface area contributed by atoms with Crippen LogP contribution < -0.4 is 5.32 Å². The molecule has 1 aliphatic heterocycles. The highest BCUT2D eigenvalue weighted by molar-refractivity contribution is 5.94. The van der Waals surface area contributed by atoms with Crippen LogP contribution in [0, 0.1) is 19.8 Å². The molecule has 2 aromatic carbocycles. The summed E-state index contributed by atoms with van der Waals surface area (Å²) in [5.41, 5.74) is 5.40. The Balaban J connectivity index is 1.33. The van der Waals surface area contributed by atoms with Crippen LogP contribution >= 0.6 is 0 Å². The predicted octanol–water partition coefficient (Wildman–Crippen LogP) is 5.33. The monoisotopic (exact) mass is 432 g/mol. The van der Waals surface area contributed by atoms with Crippen molar-refractivity contribution in [3.8, 4) is 11.4 Å². The van der Waals surface area contributed by atoms with E-state index in [1.54, 1.807) is 0 Å². The second-order valence-electron chi connectivity index (χ2n) is 9.06. The van der Waals surface area contributed by atoms with Crippen LogP contribution in [0.1, 0.15) is 55.2 Å². The van der Waals surface area contributed by atoms with Crippen molar-refractivity contribution in [3.63, 3.8) is 0 Å². The molecule has 4 rings (SSSR count). The highest BCUT2D eigenvalue weighted by Crippen LogP contribution is 2.29. The highest BCUT2D eigenvalue weighted by atomic mass is 16.5. The lowest BCUT2D eigenvalue weighted by atomic mass is 9.94. The number of nitrogens with one attached hydrogen (secondary N) is 1. The van der Waals surface area contributed by atoms with Gasteiger partial charge in [0.1, 0.15) is 0 Å². The van der Waals surface area contributed by atoms with Gasteiger partial charge in [-0.05, 0) is 62.4 Å². The highest BCUT2D eigenvalue weighted by Gasteiger charge is 2.27. The van der Waals surface area contributed by atoms with Crippen molar-refractivity contribution in [2.75, 3.05) is 18.4 Å². The Kier molecular flexibility index (Phi) is 6.70. The maximum absolute atomic E-state index is 13.0. The van der Waals surface area contributed by atoms with E-state index in [1.807, 2.05) is 31.2 Å². The van der Waals surface area contributed by atoms with Crippen LogP contribution in [0.3, 0.4) is 0 Å². The number of hydrogen-bond acceptors (Lipinski definition) is 5. The van der Waals surface area contributed by atoms with Crippen LogP contribution in [0.5, 0.6) is 0 Å². The molecule has 32 heavy (non-hydrogen) atoms. The Morgan fingerprint density at radius 3 is 2.53 bits per heavy atom. The number of piperidine rings is 1.